The molecule has 0 aliphatic heterocycles. The van der Waals surface area contributed by atoms with Crippen molar-refractivity contribution in [2.75, 3.05) is 12.1 Å². The molecular weight excluding hydrogens is 252 g/mol. The van der Waals surface area contributed by atoms with E-state index in [-0.39, 0.29) is 5.56 Å². The van der Waals surface area contributed by atoms with E-state index in [0.717, 1.165) is 4.68 Å². The summed E-state index contributed by atoms with van der Waals surface area (Å²) in [6.07, 6.45) is 3.39. The first-order valence-electron chi connectivity index (χ1n) is 5.19. The van der Waals surface area contributed by atoms with Gasteiger partial charge in [-0.05, 0) is 19.2 Å². The molecule has 0 saturated heterocycles. The second-order valence-corrected chi connectivity index (χ2v) is 4.57. The predicted octanol–water partition coefficient (Wildman–Crippen LogP) is 0.183. The molecule has 3 aromatic rings. The molecule has 0 fully saturated rings. The number of thioether (sulfide) groups is 1. The lowest BCUT2D eigenvalue weighted by Crippen LogP contribution is -2.27. The maximum Gasteiger partial charge on any atom is 0.279 e. The molecule has 7 nitrogen and oxygen atoms in total. The van der Waals surface area contributed by atoms with Crippen LogP contribution in [0.2, 0.25) is 0 Å². The summed E-state index contributed by atoms with van der Waals surface area (Å²) in [7, 11) is 0. The molecule has 0 saturated carbocycles. The highest BCUT2D eigenvalue weighted by Gasteiger charge is 2.13. The summed E-state index contributed by atoms with van der Waals surface area (Å²) in [5.41, 5.74) is 0.972. The van der Waals surface area contributed by atoms with Crippen molar-refractivity contribution in [3.8, 4) is 0 Å². The van der Waals surface area contributed by atoms with Crippen molar-refractivity contribution in [1.29, 1.82) is 0 Å². The van der Waals surface area contributed by atoms with Crippen LogP contribution in [0.3, 0.4) is 0 Å². The normalized spacial score (nSPS) is 11.4. The van der Waals surface area contributed by atoms with Gasteiger partial charge >= 0.3 is 0 Å². The minimum absolute atomic E-state index is 0.291. The van der Waals surface area contributed by atoms with Gasteiger partial charge in [0.25, 0.3) is 11.3 Å². The largest absolute Gasteiger partial charge is 0.336 e. The summed E-state index contributed by atoms with van der Waals surface area (Å²) in [4.78, 5) is 20.5. The third kappa shape index (κ3) is 1.39. The molecule has 92 valence electrons. The highest BCUT2D eigenvalue weighted by molar-refractivity contribution is 7.98. The number of rotatable bonds is 1. The van der Waals surface area contributed by atoms with Crippen LogP contribution in [0.1, 0.15) is 5.69 Å². The van der Waals surface area contributed by atoms with E-state index in [1.807, 2.05) is 6.26 Å². The highest BCUT2D eigenvalue weighted by atomic mass is 32.2. The van der Waals surface area contributed by atoms with Crippen molar-refractivity contribution < 1.29 is 0 Å². The van der Waals surface area contributed by atoms with Gasteiger partial charge in [-0.1, -0.05) is 11.8 Å². The number of hydrogen-bond donors (Lipinski definition) is 1. The van der Waals surface area contributed by atoms with Gasteiger partial charge in [0.1, 0.15) is 0 Å². The second-order valence-electron chi connectivity index (χ2n) is 3.80. The van der Waals surface area contributed by atoms with Gasteiger partial charge < -0.3 is 5.84 Å². The second kappa shape index (κ2) is 3.70. The SMILES string of the molecule is CSc1nc2nc(C)c3c(=O)n(N)ccc3n2n1. The Bertz CT molecular complexity index is 820. The van der Waals surface area contributed by atoms with Crippen LogP contribution in [-0.4, -0.2) is 30.5 Å². The molecule has 3 heterocycles. The van der Waals surface area contributed by atoms with Crippen LogP contribution in [0.25, 0.3) is 16.7 Å². The summed E-state index contributed by atoms with van der Waals surface area (Å²) in [5, 5.41) is 5.37. The van der Waals surface area contributed by atoms with Crippen molar-refractivity contribution in [2.45, 2.75) is 12.1 Å². The van der Waals surface area contributed by atoms with E-state index in [1.54, 1.807) is 17.5 Å². The summed E-state index contributed by atoms with van der Waals surface area (Å²) >= 11 is 1.43. The predicted molar refractivity (Wildman–Crippen MR) is 69.2 cm³/mol. The van der Waals surface area contributed by atoms with Crippen molar-refractivity contribution in [3.63, 3.8) is 0 Å². The number of hydrogen-bond acceptors (Lipinski definition) is 6. The minimum atomic E-state index is -0.291. The summed E-state index contributed by atoms with van der Waals surface area (Å²) in [6.45, 7) is 1.76. The van der Waals surface area contributed by atoms with Crippen LogP contribution in [0.5, 0.6) is 0 Å². The average Bonchev–Trinajstić information content (AvgIpc) is 2.76. The van der Waals surface area contributed by atoms with Gasteiger partial charge in [-0.2, -0.15) is 9.50 Å². The standard InChI is InChI=1S/C10H10N6OS/c1-5-7-6(3-4-15(11)8(7)17)16-9(12-5)13-10(14-16)18-2/h3-4H,11H2,1-2H3. The van der Waals surface area contributed by atoms with Crippen molar-refractivity contribution >= 4 is 28.4 Å². The van der Waals surface area contributed by atoms with Crippen LogP contribution in [0, 0.1) is 6.92 Å². The van der Waals surface area contributed by atoms with Crippen molar-refractivity contribution in [3.05, 3.63) is 28.3 Å². The van der Waals surface area contributed by atoms with Gasteiger partial charge in [0.05, 0.1) is 16.6 Å². The Labute approximate surface area is 106 Å². The van der Waals surface area contributed by atoms with E-state index in [2.05, 4.69) is 15.1 Å². The molecule has 0 radical (unpaired) electrons. The van der Waals surface area contributed by atoms with E-state index < -0.39 is 0 Å². The lowest BCUT2D eigenvalue weighted by molar-refractivity contribution is 0.894. The fourth-order valence-electron chi connectivity index (χ4n) is 1.87. The monoisotopic (exact) mass is 262 g/mol. The maximum absolute atomic E-state index is 12.0. The summed E-state index contributed by atoms with van der Waals surface area (Å²) < 4.78 is 2.60. The average molecular weight is 262 g/mol. The molecule has 8 heteroatoms. The van der Waals surface area contributed by atoms with Crippen LogP contribution >= 0.6 is 11.8 Å². The number of pyridine rings is 1. The molecule has 2 N–H and O–H groups in total. The van der Waals surface area contributed by atoms with Gasteiger partial charge in [0.2, 0.25) is 5.16 Å². The van der Waals surface area contributed by atoms with Crippen LogP contribution in [0.15, 0.2) is 22.2 Å². The molecule has 0 bridgehead atoms. The van der Waals surface area contributed by atoms with E-state index in [1.165, 1.54) is 18.0 Å². The zero-order valence-electron chi connectivity index (χ0n) is 9.78. The molecule has 0 aromatic carbocycles. The molecular formula is C10H10N6OS. The molecule has 0 aliphatic rings. The summed E-state index contributed by atoms with van der Waals surface area (Å²) in [5.74, 6) is 6.04. The molecule has 0 unspecified atom stereocenters. The molecule has 0 amide bonds. The number of nitrogens with zero attached hydrogens (tertiary/aromatic N) is 5. The Kier molecular flexibility index (Phi) is 2.27. The van der Waals surface area contributed by atoms with Crippen molar-refractivity contribution in [1.82, 2.24) is 24.3 Å². The first-order chi connectivity index (χ1) is 8.61. The zero-order valence-corrected chi connectivity index (χ0v) is 10.6. The Morgan fingerprint density at radius 2 is 2.17 bits per heavy atom. The lowest BCUT2D eigenvalue weighted by Gasteiger charge is -2.04. The van der Waals surface area contributed by atoms with E-state index >= 15 is 0 Å². The van der Waals surface area contributed by atoms with Crippen LogP contribution in [0.4, 0.5) is 0 Å². The Hall–Kier alpha value is -2.09. The third-order valence-electron chi connectivity index (χ3n) is 2.71. The third-order valence-corrected chi connectivity index (χ3v) is 3.25. The summed E-state index contributed by atoms with van der Waals surface area (Å²) in [6, 6.07) is 1.73. The number of nitrogen functional groups attached to an aromatic ring is 1. The molecule has 3 rings (SSSR count). The fraction of sp³-hybridized carbons (Fsp3) is 0.200. The highest BCUT2D eigenvalue weighted by Crippen LogP contribution is 2.16. The number of fused-ring (bicyclic) bond motifs is 3. The Morgan fingerprint density at radius 1 is 1.39 bits per heavy atom. The van der Waals surface area contributed by atoms with Gasteiger partial charge in [-0.25, -0.2) is 9.66 Å². The first-order valence-corrected chi connectivity index (χ1v) is 6.42. The van der Waals surface area contributed by atoms with E-state index in [4.69, 9.17) is 5.84 Å². The Balaban J connectivity index is 2.58. The van der Waals surface area contributed by atoms with Crippen LogP contribution in [-0.2, 0) is 0 Å². The Morgan fingerprint density at radius 3 is 2.89 bits per heavy atom. The van der Waals surface area contributed by atoms with Gasteiger partial charge in [-0.15, -0.1) is 5.10 Å². The lowest BCUT2D eigenvalue weighted by atomic mass is 10.2. The van der Waals surface area contributed by atoms with Gasteiger partial charge in [-0.3, -0.25) is 4.79 Å². The number of nitrogens with two attached hydrogens (primary N) is 1. The van der Waals surface area contributed by atoms with Gasteiger partial charge in [0.15, 0.2) is 0 Å². The molecule has 0 aliphatic carbocycles. The maximum atomic E-state index is 12.0. The quantitative estimate of drug-likeness (QED) is 0.497. The van der Waals surface area contributed by atoms with E-state index in [9.17, 15) is 4.79 Å². The molecule has 18 heavy (non-hydrogen) atoms. The molecule has 0 atom stereocenters. The number of aromatic nitrogens is 5. The smallest absolute Gasteiger partial charge is 0.279 e. The van der Waals surface area contributed by atoms with Crippen molar-refractivity contribution in [2.24, 2.45) is 0 Å². The first kappa shape index (κ1) is 11.0. The number of aryl methyl sites for hydroxylation is 1. The molecule has 0 spiro atoms. The molecule has 3 aromatic heterocycles. The van der Waals surface area contributed by atoms with Gasteiger partial charge in [0, 0.05) is 6.20 Å². The minimum Gasteiger partial charge on any atom is -0.336 e. The topological polar surface area (TPSA) is 91.1 Å². The van der Waals surface area contributed by atoms with E-state index in [0.29, 0.717) is 27.5 Å². The fourth-order valence-corrected chi connectivity index (χ4v) is 2.21. The zero-order chi connectivity index (χ0) is 12.9. The van der Waals surface area contributed by atoms with Crippen LogP contribution < -0.4 is 11.4 Å².